The second kappa shape index (κ2) is 3.33. The number of ether oxygens (including phenoxy) is 1. The van der Waals surface area contributed by atoms with Crippen LogP contribution in [0.15, 0.2) is 12.2 Å². The van der Waals surface area contributed by atoms with E-state index < -0.39 is 0 Å². The van der Waals surface area contributed by atoms with Crippen molar-refractivity contribution < 1.29 is 19.3 Å². The van der Waals surface area contributed by atoms with Crippen LogP contribution in [-0.2, 0) is 19.3 Å². The lowest BCUT2D eigenvalue weighted by molar-refractivity contribution is -0.393. The van der Waals surface area contributed by atoms with Crippen LogP contribution in [0.1, 0.15) is 32.1 Å². The zero-order valence-electron chi connectivity index (χ0n) is 9.63. The van der Waals surface area contributed by atoms with Crippen LogP contribution in [0.3, 0.4) is 0 Å². The van der Waals surface area contributed by atoms with Gasteiger partial charge in [-0.1, -0.05) is 31.4 Å². The SMILES string of the molecule is O=C1O[C@@H]2[C@@H]([C@@H]3C=C[C@H]2OO3)C12CCCCC2. The molecule has 2 aliphatic carbocycles. The predicted molar refractivity (Wildman–Crippen MR) is 57.8 cm³/mol. The normalized spacial score (nSPS) is 46.0. The van der Waals surface area contributed by atoms with Gasteiger partial charge in [-0.05, 0) is 12.8 Å². The summed E-state index contributed by atoms with van der Waals surface area (Å²) in [5.41, 5.74) is -0.291. The molecule has 2 bridgehead atoms. The van der Waals surface area contributed by atoms with Crippen molar-refractivity contribution in [1.82, 2.24) is 0 Å². The first-order valence-corrected chi connectivity index (χ1v) is 6.53. The molecule has 0 aromatic rings. The third kappa shape index (κ3) is 1.17. The topological polar surface area (TPSA) is 44.8 Å². The van der Waals surface area contributed by atoms with E-state index in [1.165, 1.54) is 6.42 Å². The first-order valence-electron chi connectivity index (χ1n) is 6.53. The van der Waals surface area contributed by atoms with Crippen LogP contribution < -0.4 is 0 Å². The first-order chi connectivity index (χ1) is 8.31. The summed E-state index contributed by atoms with van der Waals surface area (Å²) in [4.78, 5) is 22.8. The van der Waals surface area contributed by atoms with Gasteiger partial charge in [0, 0.05) is 5.92 Å². The molecule has 1 spiro atoms. The van der Waals surface area contributed by atoms with Crippen LogP contribution in [0, 0.1) is 11.3 Å². The molecule has 0 radical (unpaired) electrons. The molecule has 2 saturated heterocycles. The van der Waals surface area contributed by atoms with E-state index in [1.54, 1.807) is 0 Å². The third-order valence-electron chi connectivity index (χ3n) is 4.83. The van der Waals surface area contributed by atoms with Crippen LogP contribution in [0.2, 0.25) is 0 Å². The molecule has 1 saturated carbocycles. The fourth-order valence-corrected chi connectivity index (χ4v) is 4.01. The summed E-state index contributed by atoms with van der Waals surface area (Å²) >= 11 is 0. The molecule has 0 aromatic heterocycles. The Morgan fingerprint density at radius 1 is 1.06 bits per heavy atom. The number of hydrogen-bond acceptors (Lipinski definition) is 4. The van der Waals surface area contributed by atoms with Crippen molar-refractivity contribution in [2.24, 2.45) is 11.3 Å². The summed E-state index contributed by atoms with van der Waals surface area (Å²) in [6, 6.07) is 0. The highest BCUT2D eigenvalue weighted by Gasteiger charge is 2.64. The van der Waals surface area contributed by atoms with Gasteiger partial charge in [-0.2, -0.15) is 0 Å². The van der Waals surface area contributed by atoms with Crippen molar-refractivity contribution >= 4 is 5.97 Å². The van der Waals surface area contributed by atoms with Crippen LogP contribution in [0.4, 0.5) is 0 Å². The van der Waals surface area contributed by atoms with E-state index in [0.29, 0.717) is 0 Å². The van der Waals surface area contributed by atoms with E-state index >= 15 is 0 Å². The monoisotopic (exact) mass is 236 g/mol. The van der Waals surface area contributed by atoms with Gasteiger partial charge < -0.3 is 4.74 Å². The number of rotatable bonds is 0. The second-order valence-electron chi connectivity index (χ2n) is 5.62. The van der Waals surface area contributed by atoms with Crippen molar-refractivity contribution in [3.63, 3.8) is 0 Å². The minimum Gasteiger partial charge on any atom is -0.458 e. The molecule has 3 fully saturated rings. The van der Waals surface area contributed by atoms with Gasteiger partial charge in [0.1, 0.15) is 18.3 Å². The molecule has 0 unspecified atom stereocenters. The first kappa shape index (κ1) is 10.1. The highest BCUT2D eigenvalue weighted by Crippen LogP contribution is 2.55. The molecule has 4 atom stereocenters. The average molecular weight is 236 g/mol. The molecule has 4 heteroatoms. The zero-order valence-corrected chi connectivity index (χ0v) is 9.63. The van der Waals surface area contributed by atoms with Crippen molar-refractivity contribution in [3.8, 4) is 0 Å². The molecule has 4 nitrogen and oxygen atoms in total. The minimum absolute atomic E-state index is 0.0139. The molecule has 17 heavy (non-hydrogen) atoms. The molecular weight excluding hydrogens is 220 g/mol. The summed E-state index contributed by atoms with van der Waals surface area (Å²) in [7, 11) is 0. The van der Waals surface area contributed by atoms with Crippen LogP contribution in [0.5, 0.6) is 0 Å². The van der Waals surface area contributed by atoms with E-state index in [-0.39, 0.29) is 35.6 Å². The molecule has 0 amide bonds. The Labute approximate surface area is 99.8 Å². The predicted octanol–water partition coefficient (Wildman–Crippen LogP) is 1.75. The summed E-state index contributed by atoms with van der Waals surface area (Å²) in [6.45, 7) is 0. The summed E-state index contributed by atoms with van der Waals surface area (Å²) in [5.74, 6) is 0.152. The van der Waals surface area contributed by atoms with E-state index in [2.05, 4.69) is 0 Å². The summed E-state index contributed by atoms with van der Waals surface area (Å²) in [6.07, 6.45) is 8.96. The van der Waals surface area contributed by atoms with Crippen molar-refractivity contribution in [2.45, 2.75) is 50.4 Å². The van der Waals surface area contributed by atoms with Gasteiger partial charge in [-0.3, -0.25) is 4.79 Å². The van der Waals surface area contributed by atoms with Gasteiger partial charge in [0.15, 0.2) is 0 Å². The average Bonchev–Trinajstić information content (AvgIpc) is 2.68. The van der Waals surface area contributed by atoms with Gasteiger partial charge in [-0.25, -0.2) is 9.78 Å². The fourth-order valence-electron chi connectivity index (χ4n) is 4.01. The van der Waals surface area contributed by atoms with E-state index in [4.69, 9.17) is 14.5 Å². The molecular formula is C13H16O4. The highest BCUT2D eigenvalue weighted by atomic mass is 17.2. The number of carbonyl (C=O) groups excluding carboxylic acids is 1. The maximum absolute atomic E-state index is 12.3. The fraction of sp³-hybridized carbons (Fsp3) is 0.769. The second-order valence-corrected chi connectivity index (χ2v) is 5.62. The lowest BCUT2D eigenvalue weighted by atomic mass is 9.62. The molecule has 5 aliphatic rings. The largest absolute Gasteiger partial charge is 0.458 e. The quantitative estimate of drug-likeness (QED) is 0.365. The van der Waals surface area contributed by atoms with Crippen molar-refractivity contribution in [1.29, 1.82) is 0 Å². The molecule has 3 heterocycles. The standard InChI is InChI=1S/C13H16O4/c14-12-13(6-2-1-3-7-13)10-8-4-5-9(17-16-8)11(10)15-12/h4-5,8-11H,1-3,6-7H2/t8-,9+,10+,11-/m0/s1. The van der Waals surface area contributed by atoms with Gasteiger partial charge in [0.25, 0.3) is 0 Å². The van der Waals surface area contributed by atoms with Crippen molar-refractivity contribution in [2.75, 3.05) is 0 Å². The Hall–Kier alpha value is -0.870. The zero-order chi connectivity index (χ0) is 11.5. The van der Waals surface area contributed by atoms with Crippen LogP contribution in [0.25, 0.3) is 0 Å². The number of fused-ring (bicyclic) bond motifs is 1. The van der Waals surface area contributed by atoms with E-state index in [1.807, 2.05) is 12.2 Å². The lowest BCUT2D eigenvalue weighted by Crippen LogP contribution is -2.53. The Balaban J connectivity index is 1.76. The van der Waals surface area contributed by atoms with Gasteiger partial charge in [-0.15, -0.1) is 0 Å². The summed E-state index contributed by atoms with van der Waals surface area (Å²) in [5, 5.41) is 0. The Morgan fingerprint density at radius 3 is 2.47 bits per heavy atom. The maximum atomic E-state index is 12.3. The molecule has 0 N–H and O–H groups in total. The molecule has 92 valence electrons. The van der Waals surface area contributed by atoms with Gasteiger partial charge in [0.05, 0.1) is 5.41 Å². The summed E-state index contributed by atoms with van der Waals surface area (Å²) < 4.78 is 5.60. The molecule has 3 aliphatic heterocycles. The van der Waals surface area contributed by atoms with Crippen molar-refractivity contribution in [3.05, 3.63) is 12.2 Å². The van der Waals surface area contributed by atoms with E-state index in [9.17, 15) is 4.79 Å². The number of hydrogen-bond donors (Lipinski definition) is 0. The molecule has 5 rings (SSSR count). The number of esters is 1. The van der Waals surface area contributed by atoms with E-state index in [0.717, 1.165) is 25.7 Å². The smallest absolute Gasteiger partial charge is 0.313 e. The minimum atomic E-state index is -0.291. The third-order valence-corrected chi connectivity index (χ3v) is 4.83. The highest BCUT2D eigenvalue weighted by molar-refractivity contribution is 5.80. The Kier molecular flexibility index (Phi) is 1.97. The van der Waals surface area contributed by atoms with Crippen LogP contribution >= 0.6 is 0 Å². The number of carbonyl (C=O) groups is 1. The molecule has 0 aromatic carbocycles. The Bertz CT molecular complexity index is 383. The Morgan fingerprint density at radius 2 is 1.76 bits per heavy atom. The maximum Gasteiger partial charge on any atom is 0.313 e. The lowest BCUT2D eigenvalue weighted by Gasteiger charge is -2.44. The van der Waals surface area contributed by atoms with Crippen LogP contribution in [-0.4, -0.2) is 24.3 Å². The van der Waals surface area contributed by atoms with Gasteiger partial charge in [0.2, 0.25) is 0 Å². The van der Waals surface area contributed by atoms with Gasteiger partial charge >= 0.3 is 5.97 Å².